The van der Waals surface area contributed by atoms with Gasteiger partial charge in [-0.1, -0.05) is 54.1 Å². The summed E-state index contributed by atoms with van der Waals surface area (Å²) in [5, 5.41) is 0.720. The molecule has 27 heavy (non-hydrogen) atoms. The minimum Gasteiger partial charge on any atom is -0.371 e. The Morgan fingerprint density at radius 3 is 2.37 bits per heavy atom. The molecule has 1 aliphatic heterocycles. The Labute approximate surface area is 165 Å². The van der Waals surface area contributed by atoms with Gasteiger partial charge in [-0.25, -0.2) is 0 Å². The second-order valence-corrected chi connectivity index (χ2v) is 9.41. The molecule has 0 radical (unpaired) electrons. The van der Waals surface area contributed by atoms with E-state index in [0.717, 1.165) is 23.4 Å². The van der Waals surface area contributed by atoms with Crippen LogP contribution in [0, 0.1) is 0 Å². The minimum atomic E-state index is -3.43. The molecular weight excluding hydrogens is 384 g/mol. The number of benzene rings is 2. The van der Waals surface area contributed by atoms with E-state index in [-0.39, 0.29) is 12.1 Å². The first-order chi connectivity index (χ1) is 13.0. The van der Waals surface area contributed by atoms with E-state index < -0.39 is 10.2 Å². The zero-order valence-electron chi connectivity index (χ0n) is 14.9. The molecule has 4 rings (SSSR count). The second kappa shape index (κ2) is 7.89. The molecular formula is C20H23ClN2O3S. The lowest BCUT2D eigenvalue weighted by Gasteiger charge is -2.41. The van der Waals surface area contributed by atoms with E-state index in [1.54, 1.807) is 0 Å². The van der Waals surface area contributed by atoms with Gasteiger partial charge in [0.1, 0.15) is 0 Å². The summed E-state index contributed by atoms with van der Waals surface area (Å²) < 4.78 is 35.0. The molecule has 0 atom stereocenters. The van der Waals surface area contributed by atoms with Crippen molar-refractivity contribution in [1.29, 1.82) is 0 Å². The van der Waals surface area contributed by atoms with Gasteiger partial charge in [-0.2, -0.15) is 17.4 Å². The number of rotatable bonds is 7. The van der Waals surface area contributed by atoms with Crippen LogP contribution in [0.3, 0.4) is 0 Å². The summed E-state index contributed by atoms with van der Waals surface area (Å²) in [6, 6.07) is 17.7. The average Bonchev–Trinajstić information content (AvgIpc) is 2.58. The van der Waals surface area contributed by atoms with Crippen LogP contribution >= 0.6 is 11.6 Å². The summed E-state index contributed by atoms with van der Waals surface area (Å²) in [5.41, 5.74) is 2.31. The summed E-state index contributed by atoms with van der Waals surface area (Å²) in [7, 11) is -3.43. The van der Waals surface area contributed by atoms with Crippen LogP contribution in [0.2, 0.25) is 5.02 Å². The lowest BCUT2D eigenvalue weighted by molar-refractivity contribution is -0.0302. The summed E-state index contributed by atoms with van der Waals surface area (Å²) >= 11 is 5.91. The lowest BCUT2D eigenvalue weighted by atomic mass is 9.76. The molecule has 0 aromatic heterocycles. The Hall–Kier alpha value is -1.44. The maximum Gasteiger partial charge on any atom is 0.279 e. The highest BCUT2D eigenvalue weighted by atomic mass is 35.5. The Morgan fingerprint density at radius 2 is 1.70 bits per heavy atom. The van der Waals surface area contributed by atoms with E-state index in [1.807, 2.05) is 54.6 Å². The molecule has 1 heterocycles. The van der Waals surface area contributed by atoms with Crippen LogP contribution in [0.1, 0.15) is 29.9 Å². The van der Waals surface area contributed by atoms with Gasteiger partial charge in [-0.3, -0.25) is 0 Å². The third-order valence-electron chi connectivity index (χ3n) is 5.28. The van der Waals surface area contributed by atoms with Gasteiger partial charge in [0.15, 0.2) is 0 Å². The number of halogens is 1. The van der Waals surface area contributed by atoms with Gasteiger partial charge in [-0.15, -0.1) is 0 Å². The maximum atomic E-state index is 12.5. The van der Waals surface area contributed by atoms with Crippen molar-refractivity contribution in [2.24, 2.45) is 0 Å². The molecule has 5 nitrogen and oxygen atoms in total. The Kier molecular flexibility index (Phi) is 5.53. The quantitative estimate of drug-likeness (QED) is 0.767. The molecule has 0 amide bonds. The van der Waals surface area contributed by atoms with Gasteiger partial charge in [0.25, 0.3) is 10.2 Å². The summed E-state index contributed by atoms with van der Waals surface area (Å²) in [4.78, 5) is 0. The predicted octanol–water partition coefficient (Wildman–Crippen LogP) is 3.32. The molecule has 2 aromatic rings. The molecule has 2 fully saturated rings. The van der Waals surface area contributed by atoms with Crippen molar-refractivity contribution in [2.75, 3.05) is 13.1 Å². The van der Waals surface area contributed by atoms with Crippen LogP contribution in [0.15, 0.2) is 54.6 Å². The molecule has 0 unspecified atom stereocenters. The third kappa shape index (κ3) is 4.52. The SMILES string of the molecule is O=S(=O)(NC1CC(c2ccc(Cl)cc2)C1)N1CC(OCc2ccccc2)C1. The highest BCUT2D eigenvalue weighted by molar-refractivity contribution is 7.87. The van der Waals surface area contributed by atoms with Crippen molar-refractivity contribution in [3.63, 3.8) is 0 Å². The van der Waals surface area contributed by atoms with Gasteiger partial charge in [0.05, 0.1) is 12.7 Å². The molecule has 1 N–H and O–H groups in total. The highest BCUT2D eigenvalue weighted by Crippen LogP contribution is 2.37. The van der Waals surface area contributed by atoms with E-state index in [2.05, 4.69) is 4.72 Å². The van der Waals surface area contributed by atoms with Crippen LogP contribution in [0.4, 0.5) is 0 Å². The van der Waals surface area contributed by atoms with Crippen LogP contribution < -0.4 is 4.72 Å². The summed E-state index contributed by atoms with van der Waals surface area (Å²) in [5.74, 6) is 0.397. The van der Waals surface area contributed by atoms with Gasteiger partial charge in [-0.05, 0) is 42.0 Å². The normalized spacial score (nSPS) is 23.6. The molecule has 1 aliphatic carbocycles. The third-order valence-corrected chi connectivity index (χ3v) is 7.14. The number of ether oxygens (including phenoxy) is 1. The highest BCUT2D eigenvalue weighted by Gasteiger charge is 2.40. The molecule has 0 spiro atoms. The topological polar surface area (TPSA) is 58.6 Å². The van der Waals surface area contributed by atoms with Crippen molar-refractivity contribution in [3.8, 4) is 0 Å². The van der Waals surface area contributed by atoms with Gasteiger partial charge < -0.3 is 4.74 Å². The van der Waals surface area contributed by atoms with Crippen molar-refractivity contribution < 1.29 is 13.2 Å². The minimum absolute atomic E-state index is 0.0000322. The predicted molar refractivity (Wildman–Crippen MR) is 106 cm³/mol. The van der Waals surface area contributed by atoms with Crippen molar-refractivity contribution in [1.82, 2.24) is 9.03 Å². The van der Waals surface area contributed by atoms with Crippen LogP contribution in [-0.4, -0.2) is 38.0 Å². The average molecular weight is 407 g/mol. The number of hydrogen-bond donors (Lipinski definition) is 1. The first-order valence-electron chi connectivity index (χ1n) is 9.18. The number of nitrogens with one attached hydrogen (secondary N) is 1. The molecule has 7 heteroatoms. The molecule has 2 aliphatic rings. The summed E-state index contributed by atoms with van der Waals surface area (Å²) in [6.45, 7) is 1.34. The van der Waals surface area contributed by atoms with Crippen LogP contribution in [0.5, 0.6) is 0 Å². The zero-order valence-corrected chi connectivity index (χ0v) is 16.5. The van der Waals surface area contributed by atoms with E-state index >= 15 is 0 Å². The smallest absolute Gasteiger partial charge is 0.279 e. The number of nitrogens with zero attached hydrogens (tertiary/aromatic N) is 1. The first kappa shape index (κ1) is 18.9. The van der Waals surface area contributed by atoms with E-state index in [1.165, 1.54) is 9.87 Å². The molecule has 2 aromatic carbocycles. The van der Waals surface area contributed by atoms with Gasteiger partial charge in [0, 0.05) is 24.2 Å². The maximum absolute atomic E-state index is 12.5. The Morgan fingerprint density at radius 1 is 1.04 bits per heavy atom. The fourth-order valence-electron chi connectivity index (χ4n) is 3.50. The molecule has 1 saturated heterocycles. The van der Waals surface area contributed by atoms with Crippen molar-refractivity contribution in [2.45, 2.75) is 37.5 Å². The van der Waals surface area contributed by atoms with E-state index in [0.29, 0.717) is 25.6 Å². The Balaban J connectivity index is 1.20. The van der Waals surface area contributed by atoms with Crippen molar-refractivity contribution >= 4 is 21.8 Å². The van der Waals surface area contributed by atoms with Crippen LogP contribution in [0.25, 0.3) is 0 Å². The fourth-order valence-corrected chi connectivity index (χ4v) is 5.11. The zero-order chi connectivity index (χ0) is 18.9. The summed E-state index contributed by atoms with van der Waals surface area (Å²) in [6.07, 6.45) is 1.61. The standard InChI is InChI=1S/C20H23ClN2O3S/c21-18-8-6-16(7-9-18)17-10-19(11-17)22-27(24,25)23-12-20(13-23)26-14-15-4-2-1-3-5-15/h1-9,17,19-20,22H,10-14H2. The van der Waals surface area contributed by atoms with E-state index in [9.17, 15) is 8.42 Å². The fraction of sp³-hybridized carbons (Fsp3) is 0.400. The molecule has 0 bridgehead atoms. The monoisotopic (exact) mass is 406 g/mol. The largest absolute Gasteiger partial charge is 0.371 e. The second-order valence-electron chi connectivity index (χ2n) is 7.28. The lowest BCUT2D eigenvalue weighted by Crippen LogP contribution is -2.60. The van der Waals surface area contributed by atoms with Crippen molar-refractivity contribution in [3.05, 3.63) is 70.7 Å². The van der Waals surface area contributed by atoms with Gasteiger partial charge in [0.2, 0.25) is 0 Å². The van der Waals surface area contributed by atoms with Gasteiger partial charge >= 0.3 is 0 Å². The first-order valence-corrected chi connectivity index (χ1v) is 11.0. The Bertz CT molecular complexity index is 862. The number of hydrogen-bond acceptors (Lipinski definition) is 3. The van der Waals surface area contributed by atoms with Crippen LogP contribution in [-0.2, 0) is 21.6 Å². The molecule has 144 valence electrons. The van der Waals surface area contributed by atoms with E-state index in [4.69, 9.17) is 16.3 Å². The molecule has 1 saturated carbocycles.